The van der Waals surface area contributed by atoms with Crippen LogP contribution in [0.5, 0.6) is 0 Å². The number of aryl methyl sites for hydroxylation is 2. The third-order valence-corrected chi connectivity index (χ3v) is 2.86. The van der Waals surface area contributed by atoms with E-state index in [-0.39, 0.29) is 5.69 Å². The van der Waals surface area contributed by atoms with Crippen LogP contribution in [0.3, 0.4) is 0 Å². The molecule has 1 atom stereocenters. The first kappa shape index (κ1) is 16.8. The van der Waals surface area contributed by atoms with Crippen molar-refractivity contribution in [1.29, 1.82) is 0 Å². The Hall–Kier alpha value is -1.25. The largest absolute Gasteiger partial charge is 0.402 e. The van der Waals surface area contributed by atoms with Crippen LogP contribution in [0.1, 0.15) is 18.3 Å². The molecule has 0 saturated carbocycles. The predicted molar refractivity (Wildman–Crippen MR) is 59.9 cm³/mol. The number of nitrogens with zero attached hydrogens (tertiary/aromatic N) is 2. The summed E-state index contributed by atoms with van der Waals surface area (Å²) in [4.78, 5) is 0. The fraction of sp³-hybridized carbons (Fsp3) is 0.727. The van der Waals surface area contributed by atoms with Gasteiger partial charge in [-0.1, -0.05) is 0 Å². The van der Waals surface area contributed by atoms with Gasteiger partial charge >= 0.3 is 12.4 Å². The van der Waals surface area contributed by atoms with Crippen LogP contribution >= 0.6 is 0 Å². The molecule has 1 aromatic rings. The fourth-order valence-electron chi connectivity index (χ4n) is 2.07. The predicted octanol–water partition coefficient (Wildman–Crippen LogP) is 2.82. The molecule has 0 spiro atoms. The molecule has 116 valence electrons. The Kier molecular flexibility index (Phi) is 4.73. The fourth-order valence-corrected chi connectivity index (χ4v) is 2.07. The number of hydrogen-bond donors (Lipinski definition) is 1. The zero-order chi connectivity index (χ0) is 15.7. The van der Waals surface area contributed by atoms with Crippen LogP contribution in [0.2, 0.25) is 0 Å². The van der Waals surface area contributed by atoms with Gasteiger partial charge in [-0.3, -0.25) is 4.68 Å². The molecule has 1 heterocycles. The average Bonchev–Trinajstić information content (AvgIpc) is 2.53. The van der Waals surface area contributed by atoms with Crippen LogP contribution in [0.25, 0.3) is 0 Å². The lowest BCUT2D eigenvalue weighted by Gasteiger charge is -2.28. The first-order valence-corrected chi connectivity index (χ1v) is 5.89. The highest BCUT2D eigenvalue weighted by molar-refractivity contribution is 5.11. The average molecular weight is 303 g/mol. The highest BCUT2D eigenvalue weighted by Gasteiger charge is 2.59. The molecule has 2 N–H and O–H groups in total. The third-order valence-electron chi connectivity index (χ3n) is 2.86. The van der Waals surface area contributed by atoms with Crippen LogP contribution in [0.15, 0.2) is 6.07 Å². The molecular formula is C11H15F6N3. The van der Waals surface area contributed by atoms with E-state index in [1.807, 2.05) is 0 Å². The lowest BCUT2D eigenvalue weighted by Crippen LogP contribution is -2.50. The SMILES string of the molecule is CCn1nc(C)cc1CC(N)C(C(F)(F)F)C(F)(F)F. The summed E-state index contributed by atoms with van der Waals surface area (Å²) in [6.07, 6.45) is -11.4. The molecule has 1 rings (SSSR count). The standard InChI is InChI=1S/C11H15F6N3/c1-3-20-7(4-6(2)19-20)5-8(18)9(10(12,13)14)11(15,16)17/h4,8-9H,3,5,18H2,1-2H3. The second-order valence-electron chi connectivity index (χ2n) is 4.52. The first-order chi connectivity index (χ1) is 8.96. The van der Waals surface area contributed by atoms with E-state index < -0.39 is 30.7 Å². The third kappa shape index (κ3) is 3.87. The highest BCUT2D eigenvalue weighted by Crippen LogP contribution is 2.41. The number of aromatic nitrogens is 2. The number of halogens is 6. The lowest BCUT2D eigenvalue weighted by atomic mass is 9.95. The zero-order valence-corrected chi connectivity index (χ0v) is 10.9. The number of rotatable bonds is 4. The zero-order valence-electron chi connectivity index (χ0n) is 10.9. The summed E-state index contributed by atoms with van der Waals surface area (Å²) in [6.45, 7) is 3.64. The Morgan fingerprint density at radius 1 is 1.20 bits per heavy atom. The normalized spacial score (nSPS) is 14.9. The Morgan fingerprint density at radius 2 is 1.70 bits per heavy atom. The smallest absolute Gasteiger partial charge is 0.326 e. The van der Waals surface area contributed by atoms with Crippen molar-refractivity contribution in [3.05, 3.63) is 17.5 Å². The highest BCUT2D eigenvalue weighted by atomic mass is 19.4. The van der Waals surface area contributed by atoms with Crippen molar-refractivity contribution in [3.63, 3.8) is 0 Å². The summed E-state index contributed by atoms with van der Waals surface area (Å²) < 4.78 is 76.6. The van der Waals surface area contributed by atoms with Crippen LogP contribution in [0, 0.1) is 12.8 Å². The Labute approximate surface area is 111 Å². The second-order valence-corrected chi connectivity index (χ2v) is 4.52. The number of alkyl halides is 6. The minimum atomic E-state index is -5.43. The maximum atomic E-state index is 12.5. The van der Waals surface area contributed by atoms with Gasteiger partial charge in [0.1, 0.15) is 0 Å². The Balaban J connectivity index is 3.00. The van der Waals surface area contributed by atoms with E-state index >= 15 is 0 Å². The van der Waals surface area contributed by atoms with Crippen molar-refractivity contribution in [2.24, 2.45) is 11.7 Å². The molecule has 20 heavy (non-hydrogen) atoms. The monoisotopic (exact) mass is 303 g/mol. The van der Waals surface area contributed by atoms with Crippen LogP contribution in [-0.2, 0) is 13.0 Å². The molecule has 0 radical (unpaired) electrons. The van der Waals surface area contributed by atoms with Gasteiger partial charge < -0.3 is 5.73 Å². The van der Waals surface area contributed by atoms with Crippen molar-refractivity contribution in [1.82, 2.24) is 9.78 Å². The van der Waals surface area contributed by atoms with Crippen LogP contribution in [0.4, 0.5) is 26.3 Å². The maximum Gasteiger partial charge on any atom is 0.402 e. The molecule has 0 bridgehead atoms. The second kappa shape index (κ2) is 5.63. The van der Waals surface area contributed by atoms with Gasteiger partial charge in [-0.25, -0.2) is 0 Å². The minimum absolute atomic E-state index is 0.260. The van der Waals surface area contributed by atoms with E-state index in [9.17, 15) is 26.3 Å². The summed E-state index contributed by atoms with van der Waals surface area (Å²) in [5.74, 6) is -3.55. The molecule has 0 aliphatic heterocycles. The summed E-state index contributed by atoms with van der Waals surface area (Å²) in [6, 6.07) is -0.663. The summed E-state index contributed by atoms with van der Waals surface area (Å²) >= 11 is 0. The van der Waals surface area contributed by atoms with Gasteiger partial charge in [0.05, 0.1) is 5.69 Å². The molecule has 0 aliphatic rings. The van der Waals surface area contributed by atoms with Gasteiger partial charge in [0.2, 0.25) is 0 Å². The van der Waals surface area contributed by atoms with Crippen molar-refractivity contribution < 1.29 is 26.3 Å². The minimum Gasteiger partial charge on any atom is -0.326 e. The lowest BCUT2D eigenvalue weighted by molar-refractivity contribution is -0.289. The molecule has 3 nitrogen and oxygen atoms in total. The quantitative estimate of drug-likeness (QED) is 0.869. The Bertz CT molecular complexity index is 434. The number of hydrogen-bond acceptors (Lipinski definition) is 2. The van der Waals surface area contributed by atoms with Gasteiger partial charge in [-0.2, -0.15) is 31.4 Å². The molecular weight excluding hydrogens is 288 g/mol. The molecule has 0 aromatic carbocycles. The van der Waals surface area contributed by atoms with Crippen LogP contribution < -0.4 is 5.73 Å². The van der Waals surface area contributed by atoms with Gasteiger partial charge in [-0.15, -0.1) is 0 Å². The van der Waals surface area contributed by atoms with Gasteiger partial charge in [0.25, 0.3) is 0 Å². The van der Waals surface area contributed by atoms with Gasteiger partial charge in [-0.05, 0) is 19.9 Å². The van der Waals surface area contributed by atoms with Crippen molar-refractivity contribution in [3.8, 4) is 0 Å². The first-order valence-electron chi connectivity index (χ1n) is 5.89. The van der Waals surface area contributed by atoms with E-state index in [4.69, 9.17) is 5.73 Å². The van der Waals surface area contributed by atoms with E-state index in [1.54, 1.807) is 13.8 Å². The van der Waals surface area contributed by atoms with Crippen molar-refractivity contribution in [2.75, 3.05) is 0 Å². The molecule has 0 fully saturated rings. The van der Waals surface area contributed by atoms with E-state index in [2.05, 4.69) is 5.10 Å². The summed E-state index contributed by atoms with van der Waals surface area (Å²) in [5.41, 5.74) is 5.95. The molecule has 1 aromatic heterocycles. The van der Waals surface area contributed by atoms with Crippen LogP contribution in [-0.4, -0.2) is 28.2 Å². The molecule has 0 amide bonds. The summed E-state index contributed by atoms with van der Waals surface area (Å²) in [5, 5.41) is 3.96. The van der Waals surface area contributed by atoms with E-state index in [0.717, 1.165) is 0 Å². The maximum absolute atomic E-state index is 12.5. The van der Waals surface area contributed by atoms with E-state index in [0.29, 0.717) is 12.2 Å². The summed E-state index contributed by atoms with van der Waals surface area (Å²) in [7, 11) is 0. The molecule has 1 unspecified atom stereocenters. The van der Waals surface area contributed by atoms with Crippen molar-refractivity contribution in [2.45, 2.75) is 45.2 Å². The Morgan fingerprint density at radius 3 is 2.10 bits per heavy atom. The van der Waals surface area contributed by atoms with Gasteiger partial charge in [0.15, 0.2) is 5.92 Å². The van der Waals surface area contributed by atoms with Gasteiger partial charge in [0, 0.05) is 24.7 Å². The topological polar surface area (TPSA) is 43.8 Å². The number of nitrogens with two attached hydrogens (primary N) is 1. The molecule has 0 aliphatic carbocycles. The molecule has 9 heteroatoms. The van der Waals surface area contributed by atoms with Crippen molar-refractivity contribution >= 4 is 0 Å². The molecule has 0 saturated heterocycles. The van der Waals surface area contributed by atoms with E-state index in [1.165, 1.54) is 10.7 Å².